The molecule has 2 atom stereocenters. The van der Waals surface area contributed by atoms with E-state index in [0.29, 0.717) is 22.7 Å². The van der Waals surface area contributed by atoms with Crippen LogP contribution in [-0.2, 0) is 33.5 Å². The molecule has 0 radical (unpaired) electrons. The number of nitrogens with one attached hydrogen (secondary N) is 5. The first kappa shape index (κ1) is 40.3. The Morgan fingerprint density at radius 1 is 0.740 bits per heavy atom. The Hall–Kier alpha value is -5.91. The lowest BCUT2D eigenvalue weighted by Crippen LogP contribution is -2.45. The lowest BCUT2D eigenvalue weighted by molar-refractivity contribution is -0.144. The van der Waals surface area contributed by atoms with Gasteiger partial charge in [0.15, 0.2) is 0 Å². The van der Waals surface area contributed by atoms with Gasteiger partial charge in [-0.3, -0.25) is 24.0 Å². The molecule has 0 aromatic heterocycles. The molecule has 0 bridgehead atoms. The van der Waals surface area contributed by atoms with Gasteiger partial charge in [0.05, 0.1) is 36.9 Å². The molecule has 0 saturated carbocycles. The number of hydrogen-bond acceptors (Lipinski definition) is 11. The zero-order valence-electron chi connectivity index (χ0n) is 27.9. The number of nitrogens with two attached hydrogens (primary N) is 1. The second-order valence-corrected chi connectivity index (χ2v) is 11.8. The van der Waals surface area contributed by atoms with Crippen LogP contribution in [0.15, 0.2) is 58.8 Å². The maximum Gasteiger partial charge on any atom is 0.408 e. The highest BCUT2D eigenvalue weighted by Crippen LogP contribution is 2.22. The summed E-state index contributed by atoms with van der Waals surface area (Å²) in [5, 5.41) is 39.3. The first-order valence-corrected chi connectivity index (χ1v) is 15.4. The number of carboxylic acids is 2. The standard InChI is InChI=1S/C32H42N8O10/c1-32(2,3)50-31(49)38-24(30(47)48)15-19(29(45)46)5-4-6-25(41)34-17-27(43)35-18-28(44)37-21-9-13-23(14-10-21)40-39-22-11-7-20(8-12-22)36-26(42)16-33/h7-14,19,24H,4-6,15-18,33H2,1-3H3,(H,34,41)(H,35,43)(H,36,42)(H,37,44)(H,38,49)(H,45,46)(H,47,48)/t19?,24-/m1/s1. The summed E-state index contributed by atoms with van der Waals surface area (Å²) in [5.74, 6) is -5.95. The second kappa shape index (κ2) is 19.8. The number of aliphatic carboxylic acids is 2. The molecule has 0 saturated heterocycles. The Morgan fingerprint density at radius 3 is 1.72 bits per heavy atom. The van der Waals surface area contributed by atoms with Gasteiger partial charge >= 0.3 is 18.0 Å². The van der Waals surface area contributed by atoms with Gasteiger partial charge in [0.25, 0.3) is 0 Å². The molecule has 0 spiro atoms. The van der Waals surface area contributed by atoms with E-state index in [4.69, 9.17) is 10.5 Å². The van der Waals surface area contributed by atoms with Crippen molar-refractivity contribution in [3.8, 4) is 0 Å². The lowest BCUT2D eigenvalue weighted by atomic mass is 9.94. The number of ether oxygens (including phenoxy) is 1. The van der Waals surface area contributed by atoms with E-state index >= 15 is 0 Å². The maximum absolute atomic E-state index is 12.3. The highest BCUT2D eigenvalue weighted by molar-refractivity contribution is 5.95. The number of rotatable bonds is 18. The van der Waals surface area contributed by atoms with Gasteiger partial charge in [-0.25, -0.2) is 9.59 Å². The number of azo groups is 1. The number of hydrogen-bond donors (Lipinski definition) is 8. The van der Waals surface area contributed by atoms with Gasteiger partial charge in [-0.05, 0) is 88.6 Å². The average molecular weight is 699 g/mol. The fourth-order valence-electron chi connectivity index (χ4n) is 4.07. The van der Waals surface area contributed by atoms with Crippen LogP contribution in [0.3, 0.4) is 0 Å². The van der Waals surface area contributed by atoms with Gasteiger partial charge in [0.1, 0.15) is 11.6 Å². The topological polar surface area (TPSA) is 280 Å². The van der Waals surface area contributed by atoms with Crippen LogP contribution < -0.4 is 32.3 Å². The number of carboxylic acid groups (broad SMARTS) is 2. The van der Waals surface area contributed by atoms with Gasteiger partial charge in [0, 0.05) is 17.8 Å². The summed E-state index contributed by atoms with van der Waals surface area (Å²) < 4.78 is 5.03. The predicted molar refractivity (Wildman–Crippen MR) is 180 cm³/mol. The van der Waals surface area contributed by atoms with Crippen molar-refractivity contribution in [3.63, 3.8) is 0 Å². The Labute approximate surface area is 287 Å². The third-order valence-electron chi connectivity index (χ3n) is 6.48. The summed E-state index contributed by atoms with van der Waals surface area (Å²) in [5.41, 5.74) is 6.45. The average Bonchev–Trinajstić information content (AvgIpc) is 3.04. The van der Waals surface area contributed by atoms with Gasteiger partial charge in [-0.2, -0.15) is 10.2 Å². The van der Waals surface area contributed by atoms with Gasteiger partial charge in [-0.1, -0.05) is 0 Å². The van der Waals surface area contributed by atoms with Crippen molar-refractivity contribution >= 4 is 64.4 Å². The van der Waals surface area contributed by atoms with E-state index in [9.17, 15) is 43.8 Å². The van der Waals surface area contributed by atoms with Gasteiger partial charge in [0.2, 0.25) is 23.6 Å². The number of carbonyl (C=O) groups is 7. The predicted octanol–water partition coefficient (Wildman–Crippen LogP) is 2.41. The number of benzene rings is 2. The summed E-state index contributed by atoms with van der Waals surface area (Å²) >= 11 is 0. The van der Waals surface area contributed by atoms with Crippen molar-refractivity contribution in [2.75, 3.05) is 30.3 Å². The van der Waals surface area contributed by atoms with E-state index < -0.39 is 66.3 Å². The number of alkyl carbamates (subject to hydrolysis) is 1. The van der Waals surface area contributed by atoms with Gasteiger partial charge < -0.3 is 47.3 Å². The lowest BCUT2D eigenvalue weighted by Gasteiger charge is -2.23. The summed E-state index contributed by atoms with van der Waals surface area (Å²) in [6, 6.07) is 11.5. The van der Waals surface area contributed by atoms with Crippen LogP contribution in [0.1, 0.15) is 46.5 Å². The van der Waals surface area contributed by atoms with Crippen molar-refractivity contribution in [1.29, 1.82) is 0 Å². The van der Waals surface area contributed by atoms with Crippen molar-refractivity contribution in [1.82, 2.24) is 16.0 Å². The third-order valence-corrected chi connectivity index (χ3v) is 6.48. The molecule has 9 N–H and O–H groups in total. The van der Waals surface area contributed by atoms with Crippen molar-refractivity contribution in [2.45, 2.75) is 58.1 Å². The van der Waals surface area contributed by atoms with Crippen LogP contribution in [0.5, 0.6) is 0 Å². The molecule has 0 heterocycles. The fourth-order valence-corrected chi connectivity index (χ4v) is 4.07. The molecular weight excluding hydrogens is 656 g/mol. The Morgan fingerprint density at radius 2 is 1.24 bits per heavy atom. The van der Waals surface area contributed by atoms with E-state index in [1.807, 2.05) is 0 Å². The molecule has 5 amide bonds. The van der Waals surface area contributed by atoms with Crippen molar-refractivity contribution in [2.24, 2.45) is 21.9 Å². The van der Waals surface area contributed by atoms with Crippen molar-refractivity contribution in [3.05, 3.63) is 48.5 Å². The van der Waals surface area contributed by atoms with E-state index in [0.717, 1.165) is 0 Å². The Bertz CT molecular complexity index is 1540. The van der Waals surface area contributed by atoms with Crippen LogP contribution in [0, 0.1) is 5.92 Å². The van der Waals surface area contributed by atoms with E-state index in [1.54, 1.807) is 69.3 Å². The first-order chi connectivity index (χ1) is 23.5. The van der Waals surface area contributed by atoms with E-state index in [-0.39, 0.29) is 38.3 Å². The zero-order valence-corrected chi connectivity index (χ0v) is 27.9. The first-order valence-electron chi connectivity index (χ1n) is 15.4. The molecule has 50 heavy (non-hydrogen) atoms. The molecule has 270 valence electrons. The van der Waals surface area contributed by atoms with Crippen LogP contribution in [0.25, 0.3) is 0 Å². The SMILES string of the molecule is CC(C)(C)OC(=O)N[C@H](CC(CCCC(=O)NCC(=O)NCC(=O)Nc1ccc(N=Nc2ccc(NC(=O)CN)cc2)cc1)C(=O)O)C(=O)O. The Balaban J connectivity index is 1.71. The number of carbonyl (C=O) groups excluding carboxylic acids is 5. The summed E-state index contributed by atoms with van der Waals surface area (Å²) in [4.78, 5) is 83.1. The highest BCUT2D eigenvalue weighted by Gasteiger charge is 2.30. The van der Waals surface area contributed by atoms with Gasteiger partial charge in [-0.15, -0.1) is 0 Å². The third kappa shape index (κ3) is 16.3. The normalized spacial score (nSPS) is 12.2. The van der Waals surface area contributed by atoms with Crippen molar-refractivity contribution < 1.29 is 48.5 Å². The van der Waals surface area contributed by atoms with E-state index in [2.05, 4.69) is 36.8 Å². The maximum atomic E-state index is 12.3. The number of nitrogens with zero attached hydrogens (tertiary/aromatic N) is 2. The molecule has 18 heteroatoms. The number of amides is 5. The summed E-state index contributed by atoms with van der Waals surface area (Å²) in [6.45, 7) is 3.83. The minimum Gasteiger partial charge on any atom is -0.481 e. The largest absolute Gasteiger partial charge is 0.481 e. The molecule has 18 nitrogen and oxygen atoms in total. The summed E-state index contributed by atoms with van der Waals surface area (Å²) in [6.07, 6.45) is -1.58. The zero-order chi connectivity index (χ0) is 37.3. The quantitative estimate of drug-likeness (QED) is 0.105. The Kier molecular flexibility index (Phi) is 15.9. The molecule has 0 aliphatic rings. The minimum atomic E-state index is -1.52. The molecule has 0 aliphatic carbocycles. The summed E-state index contributed by atoms with van der Waals surface area (Å²) in [7, 11) is 0. The molecule has 0 aliphatic heterocycles. The van der Waals surface area contributed by atoms with E-state index in [1.165, 1.54) is 0 Å². The number of anilines is 2. The second-order valence-electron chi connectivity index (χ2n) is 11.8. The monoisotopic (exact) mass is 698 g/mol. The molecule has 2 rings (SSSR count). The van der Waals surface area contributed by atoms with Crippen LogP contribution >= 0.6 is 0 Å². The molecular formula is C32H42N8O10. The highest BCUT2D eigenvalue weighted by atomic mass is 16.6. The molecule has 1 unspecified atom stereocenters. The molecule has 0 fully saturated rings. The fraction of sp³-hybridized carbons (Fsp3) is 0.406. The smallest absolute Gasteiger partial charge is 0.408 e. The van der Waals surface area contributed by atoms with Crippen LogP contribution in [0.2, 0.25) is 0 Å². The minimum absolute atomic E-state index is 0.0649. The molecule has 2 aromatic carbocycles. The van der Waals surface area contributed by atoms with Crippen LogP contribution in [0.4, 0.5) is 27.5 Å². The van der Waals surface area contributed by atoms with Crippen LogP contribution in [-0.4, -0.2) is 83.2 Å². The molecule has 2 aromatic rings.